The van der Waals surface area contributed by atoms with Gasteiger partial charge in [-0.2, -0.15) is 13.2 Å². The Morgan fingerprint density at radius 1 is 1.26 bits per heavy atom. The summed E-state index contributed by atoms with van der Waals surface area (Å²) in [5.41, 5.74) is 0.442. The summed E-state index contributed by atoms with van der Waals surface area (Å²) < 4.78 is 39.7. The lowest BCUT2D eigenvalue weighted by Gasteiger charge is -2.05. The number of halogens is 4. The predicted molar refractivity (Wildman–Crippen MR) is 69.4 cm³/mol. The van der Waals surface area contributed by atoms with Crippen molar-refractivity contribution in [1.29, 1.82) is 0 Å². The van der Waals surface area contributed by atoms with E-state index < -0.39 is 11.7 Å². The maximum Gasteiger partial charge on any atom is 0.416 e. The molecule has 2 rings (SSSR count). The molecule has 0 fully saturated rings. The van der Waals surface area contributed by atoms with Gasteiger partial charge in [-0.1, -0.05) is 0 Å². The Hall–Kier alpha value is -1.23. The zero-order valence-electron chi connectivity index (χ0n) is 10.5. The van der Waals surface area contributed by atoms with Crippen molar-refractivity contribution in [2.24, 2.45) is 7.05 Å². The van der Waals surface area contributed by atoms with E-state index >= 15 is 0 Å². The summed E-state index contributed by atoms with van der Waals surface area (Å²) >= 11 is 5.60. The largest absolute Gasteiger partial charge is 0.416 e. The summed E-state index contributed by atoms with van der Waals surface area (Å²) in [5.74, 6) is 1.38. The van der Waals surface area contributed by atoms with Gasteiger partial charge in [-0.05, 0) is 31.0 Å². The van der Waals surface area contributed by atoms with Crippen molar-refractivity contribution < 1.29 is 13.2 Å². The lowest BCUT2D eigenvalue weighted by atomic mass is 10.2. The molecule has 1 aromatic heterocycles. The first-order valence-electron chi connectivity index (χ1n) is 6.02. The highest BCUT2D eigenvalue weighted by Crippen LogP contribution is 2.31. The number of unbranched alkanes of at least 4 members (excludes halogenated alkanes) is 1. The van der Waals surface area contributed by atoms with Crippen LogP contribution in [0.25, 0.3) is 11.0 Å². The lowest BCUT2D eigenvalue weighted by molar-refractivity contribution is -0.137. The third kappa shape index (κ3) is 3.03. The molecule has 6 heteroatoms. The van der Waals surface area contributed by atoms with Crippen LogP contribution in [0.2, 0.25) is 0 Å². The highest BCUT2D eigenvalue weighted by Gasteiger charge is 2.30. The molecule has 1 heterocycles. The highest BCUT2D eigenvalue weighted by molar-refractivity contribution is 6.17. The van der Waals surface area contributed by atoms with E-state index in [0.717, 1.165) is 37.2 Å². The molecule has 0 bridgehead atoms. The zero-order chi connectivity index (χ0) is 14.0. The highest BCUT2D eigenvalue weighted by atomic mass is 35.5. The van der Waals surface area contributed by atoms with Crippen LogP contribution in [0.4, 0.5) is 13.2 Å². The molecule has 0 saturated heterocycles. The van der Waals surface area contributed by atoms with Gasteiger partial charge in [0.15, 0.2) is 0 Å². The normalized spacial score (nSPS) is 12.3. The number of hydrogen-bond acceptors (Lipinski definition) is 1. The second-order valence-electron chi connectivity index (χ2n) is 4.43. The van der Waals surface area contributed by atoms with Gasteiger partial charge >= 0.3 is 6.18 Å². The van der Waals surface area contributed by atoms with Gasteiger partial charge in [0.25, 0.3) is 0 Å². The molecule has 0 atom stereocenters. The van der Waals surface area contributed by atoms with Gasteiger partial charge < -0.3 is 4.57 Å². The minimum atomic E-state index is -4.33. The average Bonchev–Trinajstić information content (AvgIpc) is 2.65. The lowest BCUT2D eigenvalue weighted by Crippen LogP contribution is -2.04. The first-order chi connectivity index (χ1) is 8.93. The van der Waals surface area contributed by atoms with Crippen LogP contribution in [0.1, 0.15) is 24.2 Å². The van der Waals surface area contributed by atoms with Crippen molar-refractivity contribution in [3.63, 3.8) is 0 Å². The maximum atomic E-state index is 12.6. The molecule has 1 aromatic carbocycles. The van der Waals surface area contributed by atoms with Crippen LogP contribution in [0.15, 0.2) is 18.2 Å². The second kappa shape index (κ2) is 5.41. The Balaban J connectivity index is 2.34. The van der Waals surface area contributed by atoms with Gasteiger partial charge in [0.05, 0.1) is 16.6 Å². The molecule has 19 heavy (non-hydrogen) atoms. The molecule has 0 amide bonds. The summed E-state index contributed by atoms with van der Waals surface area (Å²) in [6.07, 6.45) is -1.85. The first kappa shape index (κ1) is 14.2. The van der Waals surface area contributed by atoms with E-state index in [1.807, 2.05) is 11.6 Å². The number of rotatable bonds is 4. The predicted octanol–water partition coefficient (Wildman–Crippen LogP) is 4.15. The van der Waals surface area contributed by atoms with Crippen molar-refractivity contribution in [3.8, 4) is 0 Å². The van der Waals surface area contributed by atoms with Crippen LogP contribution in [0, 0.1) is 0 Å². The van der Waals surface area contributed by atoms with Crippen molar-refractivity contribution >= 4 is 22.6 Å². The van der Waals surface area contributed by atoms with Crippen LogP contribution < -0.4 is 0 Å². The zero-order valence-corrected chi connectivity index (χ0v) is 11.2. The molecule has 0 aliphatic heterocycles. The summed E-state index contributed by atoms with van der Waals surface area (Å²) in [7, 11) is 1.82. The maximum absolute atomic E-state index is 12.6. The quantitative estimate of drug-likeness (QED) is 0.611. The molecule has 0 spiro atoms. The van der Waals surface area contributed by atoms with Crippen molar-refractivity contribution in [2.45, 2.75) is 25.4 Å². The number of alkyl halides is 4. The average molecular weight is 291 g/mol. The molecule has 104 valence electrons. The Morgan fingerprint density at radius 3 is 2.63 bits per heavy atom. The van der Waals surface area contributed by atoms with Gasteiger partial charge in [-0.3, -0.25) is 0 Å². The SMILES string of the molecule is Cn1c(CCCCCl)nc2cc(C(F)(F)F)ccc21. The van der Waals surface area contributed by atoms with Gasteiger partial charge in [-0.15, -0.1) is 11.6 Å². The Kier molecular flexibility index (Phi) is 4.04. The molecule has 0 unspecified atom stereocenters. The minimum absolute atomic E-state index is 0.387. The fourth-order valence-electron chi connectivity index (χ4n) is 2.03. The van der Waals surface area contributed by atoms with Gasteiger partial charge in [0, 0.05) is 19.3 Å². The molecule has 0 saturated carbocycles. The Bertz CT molecular complexity index is 575. The number of nitrogens with zero attached hydrogens (tertiary/aromatic N) is 2. The fourth-order valence-corrected chi connectivity index (χ4v) is 2.22. The van der Waals surface area contributed by atoms with Crippen LogP contribution >= 0.6 is 11.6 Å². The van der Waals surface area contributed by atoms with Gasteiger partial charge in [0.1, 0.15) is 5.82 Å². The number of imidazole rings is 1. The number of benzene rings is 1. The summed E-state index contributed by atoms with van der Waals surface area (Å²) in [4.78, 5) is 4.28. The molecular formula is C13H14ClF3N2. The topological polar surface area (TPSA) is 17.8 Å². The molecule has 2 aromatic rings. The molecule has 2 nitrogen and oxygen atoms in total. The van der Waals surface area contributed by atoms with E-state index in [-0.39, 0.29) is 0 Å². The minimum Gasteiger partial charge on any atom is -0.331 e. The summed E-state index contributed by atoms with van der Waals surface area (Å²) in [6.45, 7) is 0. The van der Waals surface area contributed by atoms with E-state index in [0.29, 0.717) is 16.9 Å². The number of fused-ring (bicyclic) bond motifs is 1. The monoisotopic (exact) mass is 290 g/mol. The Morgan fingerprint density at radius 2 is 2.00 bits per heavy atom. The molecular weight excluding hydrogens is 277 g/mol. The molecule has 0 aliphatic carbocycles. The molecule has 0 N–H and O–H groups in total. The second-order valence-corrected chi connectivity index (χ2v) is 4.81. The molecule has 0 radical (unpaired) electrons. The number of hydrogen-bond donors (Lipinski definition) is 0. The number of aromatic nitrogens is 2. The Labute approximate surface area is 114 Å². The number of aryl methyl sites for hydroxylation is 2. The van der Waals surface area contributed by atoms with Crippen LogP contribution in [0.5, 0.6) is 0 Å². The van der Waals surface area contributed by atoms with Gasteiger partial charge in [0.2, 0.25) is 0 Å². The van der Waals surface area contributed by atoms with E-state index in [4.69, 9.17) is 11.6 Å². The van der Waals surface area contributed by atoms with E-state index in [2.05, 4.69) is 4.98 Å². The summed E-state index contributed by atoms with van der Waals surface area (Å²) in [5, 5.41) is 0. The van der Waals surface area contributed by atoms with E-state index in [9.17, 15) is 13.2 Å². The molecule has 0 aliphatic rings. The standard InChI is InChI=1S/C13H14ClF3N2/c1-19-11-6-5-9(13(15,16)17)8-10(11)18-12(19)4-2-3-7-14/h5-6,8H,2-4,7H2,1H3. The smallest absolute Gasteiger partial charge is 0.331 e. The van der Waals surface area contributed by atoms with E-state index in [1.54, 1.807) is 0 Å². The van der Waals surface area contributed by atoms with Crippen LogP contribution in [-0.4, -0.2) is 15.4 Å². The third-order valence-corrected chi connectivity index (χ3v) is 3.35. The fraction of sp³-hybridized carbons (Fsp3) is 0.462. The van der Waals surface area contributed by atoms with Crippen LogP contribution in [0.3, 0.4) is 0 Å². The van der Waals surface area contributed by atoms with Crippen molar-refractivity contribution in [2.75, 3.05) is 5.88 Å². The first-order valence-corrected chi connectivity index (χ1v) is 6.55. The van der Waals surface area contributed by atoms with Crippen LogP contribution in [-0.2, 0) is 19.6 Å². The van der Waals surface area contributed by atoms with Crippen molar-refractivity contribution in [3.05, 3.63) is 29.6 Å². The van der Waals surface area contributed by atoms with E-state index in [1.165, 1.54) is 6.07 Å². The summed E-state index contributed by atoms with van der Waals surface area (Å²) in [6, 6.07) is 3.66. The van der Waals surface area contributed by atoms with Crippen molar-refractivity contribution in [1.82, 2.24) is 9.55 Å². The van der Waals surface area contributed by atoms with Gasteiger partial charge in [-0.25, -0.2) is 4.98 Å². The third-order valence-electron chi connectivity index (χ3n) is 3.08.